The van der Waals surface area contributed by atoms with E-state index in [4.69, 9.17) is 5.73 Å². The quantitative estimate of drug-likeness (QED) is 0.851. The van der Waals surface area contributed by atoms with Gasteiger partial charge in [0.05, 0.1) is 6.33 Å². The van der Waals surface area contributed by atoms with Gasteiger partial charge in [0, 0.05) is 13.0 Å². The van der Waals surface area contributed by atoms with E-state index in [1.165, 1.54) is 0 Å². The lowest BCUT2D eigenvalue weighted by atomic mass is 10.1. The van der Waals surface area contributed by atoms with E-state index >= 15 is 0 Å². The average molecular weight is 267 g/mol. The van der Waals surface area contributed by atoms with Crippen molar-refractivity contribution in [1.29, 1.82) is 0 Å². The predicted molar refractivity (Wildman–Crippen MR) is 55.0 cm³/mol. The minimum atomic E-state index is -4.86. The fraction of sp³-hybridized carbons (Fsp3) is 0.273. The average Bonchev–Trinajstić information content (AvgIpc) is 2.28. The number of hydrogen-bond acceptors (Lipinski definition) is 2. The fourth-order valence-electron chi connectivity index (χ4n) is 1.28. The highest BCUT2D eigenvalue weighted by Crippen LogP contribution is 2.25. The standard InChI is InChI=1S/C11H10F5NO/c12-5-7(6-17)3-8-4-9(1-2-10(8)13)18-11(14,15)16/h1-2,4-5H,3,6,17H2/b7-5-. The second-order valence-electron chi connectivity index (χ2n) is 3.45. The smallest absolute Gasteiger partial charge is 0.406 e. The van der Waals surface area contributed by atoms with Gasteiger partial charge in [-0.15, -0.1) is 13.2 Å². The Morgan fingerprint density at radius 2 is 2.00 bits per heavy atom. The first kappa shape index (κ1) is 14.4. The summed E-state index contributed by atoms with van der Waals surface area (Å²) < 4.78 is 65.1. The van der Waals surface area contributed by atoms with Crippen LogP contribution in [0, 0.1) is 5.82 Å². The van der Waals surface area contributed by atoms with Gasteiger partial charge in [-0.1, -0.05) is 0 Å². The molecule has 0 aromatic heterocycles. The summed E-state index contributed by atoms with van der Waals surface area (Å²) in [6.45, 7) is -0.152. The van der Waals surface area contributed by atoms with Gasteiger partial charge < -0.3 is 10.5 Å². The summed E-state index contributed by atoms with van der Waals surface area (Å²) in [5.41, 5.74) is 5.13. The molecule has 0 amide bonds. The molecular formula is C11H10F5NO. The van der Waals surface area contributed by atoms with E-state index < -0.39 is 17.9 Å². The molecule has 0 spiro atoms. The molecule has 1 rings (SSSR count). The SMILES string of the molecule is NC/C(=C\F)Cc1cc(OC(F)(F)F)ccc1F. The molecule has 0 unspecified atom stereocenters. The van der Waals surface area contributed by atoms with Crippen LogP contribution in [-0.2, 0) is 6.42 Å². The van der Waals surface area contributed by atoms with Gasteiger partial charge in [0.2, 0.25) is 0 Å². The lowest BCUT2D eigenvalue weighted by molar-refractivity contribution is -0.274. The van der Waals surface area contributed by atoms with Crippen molar-refractivity contribution in [2.45, 2.75) is 12.8 Å². The summed E-state index contributed by atoms with van der Waals surface area (Å²) in [7, 11) is 0. The highest BCUT2D eigenvalue weighted by Gasteiger charge is 2.31. The minimum absolute atomic E-state index is 0.0676. The summed E-state index contributed by atoms with van der Waals surface area (Å²) >= 11 is 0. The van der Waals surface area contributed by atoms with Gasteiger partial charge >= 0.3 is 6.36 Å². The highest BCUT2D eigenvalue weighted by atomic mass is 19.4. The number of hydrogen-bond donors (Lipinski definition) is 1. The molecule has 0 saturated heterocycles. The summed E-state index contributed by atoms with van der Waals surface area (Å²) in [5.74, 6) is -1.31. The first-order chi connectivity index (χ1) is 8.35. The topological polar surface area (TPSA) is 35.2 Å². The molecule has 100 valence electrons. The minimum Gasteiger partial charge on any atom is -0.406 e. The molecule has 0 saturated carbocycles. The van der Waals surface area contributed by atoms with E-state index in [-0.39, 0.29) is 30.4 Å². The Bertz CT molecular complexity index is 442. The number of benzene rings is 1. The van der Waals surface area contributed by atoms with Gasteiger partial charge in [-0.2, -0.15) is 0 Å². The van der Waals surface area contributed by atoms with Crippen molar-refractivity contribution >= 4 is 0 Å². The molecule has 0 aliphatic rings. The maximum absolute atomic E-state index is 13.3. The number of ether oxygens (including phenoxy) is 1. The van der Waals surface area contributed by atoms with Crippen LogP contribution in [0.4, 0.5) is 22.0 Å². The van der Waals surface area contributed by atoms with Crippen molar-refractivity contribution < 1.29 is 26.7 Å². The maximum atomic E-state index is 13.3. The third kappa shape index (κ3) is 4.33. The lowest BCUT2D eigenvalue weighted by Gasteiger charge is -2.11. The molecule has 1 aromatic rings. The zero-order valence-corrected chi connectivity index (χ0v) is 9.10. The first-order valence-corrected chi connectivity index (χ1v) is 4.88. The molecule has 0 atom stereocenters. The van der Waals surface area contributed by atoms with Gasteiger partial charge in [-0.25, -0.2) is 8.78 Å². The molecule has 0 heterocycles. The van der Waals surface area contributed by atoms with Gasteiger partial charge in [0.25, 0.3) is 0 Å². The Morgan fingerprint density at radius 3 is 2.50 bits per heavy atom. The largest absolute Gasteiger partial charge is 0.573 e. The summed E-state index contributed by atoms with van der Waals surface area (Å²) in [6, 6.07) is 2.53. The second kappa shape index (κ2) is 5.81. The van der Waals surface area contributed by atoms with Crippen LogP contribution in [0.2, 0.25) is 0 Å². The maximum Gasteiger partial charge on any atom is 0.573 e. The van der Waals surface area contributed by atoms with Crippen molar-refractivity contribution in [2.24, 2.45) is 5.73 Å². The summed E-state index contributed by atoms with van der Waals surface area (Å²) in [5, 5.41) is 0. The molecule has 0 radical (unpaired) electrons. The molecule has 0 aliphatic heterocycles. The van der Waals surface area contributed by atoms with Crippen LogP contribution < -0.4 is 10.5 Å². The van der Waals surface area contributed by atoms with Crippen LogP contribution >= 0.6 is 0 Å². The van der Waals surface area contributed by atoms with E-state index in [9.17, 15) is 22.0 Å². The second-order valence-corrected chi connectivity index (χ2v) is 3.45. The monoisotopic (exact) mass is 267 g/mol. The molecule has 7 heteroatoms. The van der Waals surface area contributed by atoms with Crippen molar-refractivity contribution in [3.8, 4) is 5.75 Å². The summed E-state index contributed by atoms with van der Waals surface area (Å²) in [4.78, 5) is 0. The zero-order chi connectivity index (χ0) is 13.8. The van der Waals surface area contributed by atoms with E-state index in [0.717, 1.165) is 18.2 Å². The Morgan fingerprint density at radius 1 is 1.33 bits per heavy atom. The number of alkyl halides is 3. The summed E-state index contributed by atoms with van der Waals surface area (Å²) in [6.07, 6.45) is -4.87. The zero-order valence-electron chi connectivity index (χ0n) is 9.10. The molecule has 2 nitrogen and oxygen atoms in total. The Kier molecular flexibility index (Phi) is 4.66. The third-order valence-electron chi connectivity index (χ3n) is 2.08. The van der Waals surface area contributed by atoms with Crippen molar-refractivity contribution in [2.75, 3.05) is 6.54 Å². The van der Waals surface area contributed by atoms with Crippen LogP contribution in [0.25, 0.3) is 0 Å². The molecule has 2 N–H and O–H groups in total. The van der Waals surface area contributed by atoms with Crippen LogP contribution in [0.1, 0.15) is 5.56 Å². The van der Waals surface area contributed by atoms with Crippen molar-refractivity contribution in [3.63, 3.8) is 0 Å². The van der Waals surface area contributed by atoms with E-state index in [1.807, 2.05) is 0 Å². The molecule has 0 aliphatic carbocycles. The number of rotatable bonds is 4. The lowest BCUT2D eigenvalue weighted by Crippen LogP contribution is -2.17. The Balaban J connectivity index is 2.94. The molecule has 0 fully saturated rings. The van der Waals surface area contributed by atoms with Crippen LogP contribution in [0.5, 0.6) is 5.75 Å². The highest BCUT2D eigenvalue weighted by molar-refractivity contribution is 5.32. The molecule has 1 aromatic carbocycles. The van der Waals surface area contributed by atoms with E-state index in [0.29, 0.717) is 0 Å². The molecule has 18 heavy (non-hydrogen) atoms. The molecular weight excluding hydrogens is 257 g/mol. The van der Waals surface area contributed by atoms with E-state index in [1.54, 1.807) is 0 Å². The molecule has 0 bridgehead atoms. The number of nitrogens with two attached hydrogens (primary N) is 1. The van der Waals surface area contributed by atoms with Gasteiger partial charge in [0.15, 0.2) is 0 Å². The van der Waals surface area contributed by atoms with Gasteiger partial charge in [-0.3, -0.25) is 0 Å². The Labute approximate surface area is 99.8 Å². The third-order valence-corrected chi connectivity index (χ3v) is 2.08. The number of halogens is 5. The fourth-order valence-corrected chi connectivity index (χ4v) is 1.28. The van der Waals surface area contributed by atoms with Crippen LogP contribution in [-0.4, -0.2) is 12.9 Å². The Hall–Kier alpha value is -1.63. The van der Waals surface area contributed by atoms with Gasteiger partial charge in [0.1, 0.15) is 11.6 Å². The normalized spacial score (nSPS) is 12.7. The van der Waals surface area contributed by atoms with E-state index in [2.05, 4.69) is 4.74 Å². The van der Waals surface area contributed by atoms with Crippen LogP contribution in [0.3, 0.4) is 0 Å². The van der Waals surface area contributed by atoms with Crippen LogP contribution in [0.15, 0.2) is 30.1 Å². The van der Waals surface area contributed by atoms with Crippen molar-refractivity contribution in [1.82, 2.24) is 0 Å². The first-order valence-electron chi connectivity index (χ1n) is 4.88. The van der Waals surface area contributed by atoms with Crippen molar-refractivity contribution in [3.05, 3.63) is 41.5 Å². The predicted octanol–water partition coefficient (Wildman–Crippen LogP) is 3.08. The van der Waals surface area contributed by atoms with Gasteiger partial charge in [-0.05, 0) is 29.3 Å².